The number of Topliss-reactive ketones (excluding diaryl/α,β-unsaturated/α-hetero) is 1. The zero-order valence-corrected chi connectivity index (χ0v) is 32.1. The van der Waals surface area contributed by atoms with Gasteiger partial charge in [-0.15, -0.1) is 6.42 Å². The number of amidine groups is 1. The number of nitrogens with one attached hydrogen (secondary N) is 1. The molecule has 0 aliphatic carbocycles. The minimum atomic E-state index is -1.58. The molecule has 47 heavy (non-hydrogen) atoms. The number of carbonyl (C=O) groups is 1. The van der Waals surface area contributed by atoms with Crippen LogP contribution >= 0.6 is 0 Å². The van der Waals surface area contributed by atoms with Gasteiger partial charge in [0.05, 0.1) is 29.9 Å². The van der Waals surface area contributed by atoms with Crippen LogP contribution in [0, 0.1) is 55.3 Å². The number of terminal acetylenes is 1. The molecule has 2 fully saturated rings. The van der Waals surface area contributed by atoms with Crippen molar-refractivity contribution in [3.05, 3.63) is 64.1 Å². The van der Waals surface area contributed by atoms with Crippen molar-refractivity contribution in [1.29, 1.82) is 0 Å². The van der Waals surface area contributed by atoms with Gasteiger partial charge in [0, 0.05) is 80.8 Å². The van der Waals surface area contributed by atoms with Gasteiger partial charge in [0.15, 0.2) is 5.78 Å². The van der Waals surface area contributed by atoms with E-state index in [0.29, 0.717) is 36.4 Å². The van der Waals surface area contributed by atoms with Crippen LogP contribution in [0.25, 0.3) is 16.5 Å². The molecule has 0 spiro atoms. The summed E-state index contributed by atoms with van der Waals surface area (Å²) in [5.41, 5.74) is 11.7. The number of carbonyl (C=O) groups excluding carboxylic acids is 1. The summed E-state index contributed by atoms with van der Waals surface area (Å²) in [5.74, 6) is 1.09. The minimum Gasteiger partial charge on any atom is -0.454 e. The van der Waals surface area contributed by atoms with E-state index in [0.717, 1.165) is 58.5 Å². The van der Waals surface area contributed by atoms with Gasteiger partial charge in [-0.1, -0.05) is 24.8 Å². The molecule has 5 heterocycles. The third kappa shape index (κ3) is 6.97. The number of nitrogen functional groups attached to an aromatic ring is 1. The van der Waals surface area contributed by atoms with Gasteiger partial charge in [0.1, 0.15) is 11.5 Å². The van der Waals surface area contributed by atoms with Gasteiger partial charge in [-0.3, -0.25) is 10.8 Å². The number of aliphatic imine (C=N–C) groups is 1. The summed E-state index contributed by atoms with van der Waals surface area (Å²) in [7, 11) is 1.95. The molecule has 0 aromatic heterocycles. The Morgan fingerprint density at radius 3 is 2.57 bits per heavy atom. The van der Waals surface area contributed by atoms with E-state index in [1.54, 1.807) is 32.0 Å². The molecular formula is C37H45FN6O2U. The molecule has 0 bridgehead atoms. The SMILES string of the molecule is C#Cc1c(F)ccc2cc(N)cc(C3=C(C)C4=C(CN3C)C([N+]3=C(C(C)=O)CCCCC3)=NC(C)(O)N4)c12.C1C[C-]2CCCN2C1.[U]. The molecule has 2 aromatic rings. The first-order chi connectivity index (χ1) is 22.0. The molecule has 7 rings (SSSR count). The van der Waals surface area contributed by atoms with Gasteiger partial charge >= 0.3 is 11.7 Å². The third-order valence-electron chi connectivity index (χ3n) is 9.77. The van der Waals surface area contributed by atoms with Crippen LogP contribution in [-0.2, 0) is 4.79 Å². The summed E-state index contributed by atoms with van der Waals surface area (Å²) in [6.45, 7) is 8.95. The van der Waals surface area contributed by atoms with E-state index in [-0.39, 0.29) is 42.5 Å². The number of halogens is 1. The summed E-state index contributed by atoms with van der Waals surface area (Å²) in [5, 5.41) is 15.8. The number of likely N-dealkylation sites (N-methyl/N-ethyl adjacent to an activating group) is 1. The molecule has 4 N–H and O–H groups in total. The second kappa shape index (κ2) is 14.3. The van der Waals surface area contributed by atoms with Crippen LogP contribution in [0.5, 0.6) is 0 Å². The number of aliphatic hydroxyl groups is 1. The average Bonchev–Trinajstić information content (AvgIpc) is 3.56. The van der Waals surface area contributed by atoms with E-state index in [1.165, 1.54) is 44.8 Å². The van der Waals surface area contributed by atoms with Crippen molar-refractivity contribution in [2.45, 2.75) is 78.0 Å². The molecule has 0 saturated carbocycles. The monoisotopic (exact) mass is 862 g/mol. The average molecular weight is 863 g/mol. The molecule has 1 atom stereocenters. The standard InChI is InChI=1S/C30H33FN5O2.C7H12N.U/c1-6-21-24(31)12-11-19-14-20(32)15-22(26(19)21)28-17(2)27-23(16-35(28)5)29(34-30(4,38)33-27)36-13-9-7-8-10-25(36)18(3)37;1-3-7-4-2-6-8(7)5-1;/h1,11-12,14-15,33,38H,7-10,13,16,32H2,2-5H3;1-6H2;/q+1;-1;. The predicted molar refractivity (Wildman–Crippen MR) is 182 cm³/mol. The number of fused-ring (bicyclic) bond motifs is 2. The second-order valence-electron chi connectivity index (χ2n) is 13.2. The predicted octanol–water partition coefficient (Wildman–Crippen LogP) is 5.17. The number of rotatable bonds is 2. The van der Waals surface area contributed by atoms with Crippen molar-refractivity contribution in [2.24, 2.45) is 4.99 Å². The fraction of sp³-hybridized carbons (Fsp3) is 0.459. The smallest absolute Gasteiger partial charge is 0.330 e. The van der Waals surface area contributed by atoms with Gasteiger partial charge in [0.25, 0.3) is 0 Å². The first kappa shape index (κ1) is 35.4. The Morgan fingerprint density at radius 2 is 1.91 bits per heavy atom. The molecule has 2 aromatic carbocycles. The maximum absolute atomic E-state index is 14.8. The number of benzene rings is 2. The quantitative estimate of drug-likeness (QED) is 0.167. The van der Waals surface area contributed by atoms with E-state index < -0.39 is 11.7 Å². The number of hydrogen-bond acceptors (Lipinski definition) is 7. The Morgan fingerprint density at radius 1 is 1.19 bits per heavy atom. The zero-order chi connectivity index (χ0) is 32.7. The van der Waals surface area contributed by atoms with Crippen molar-refractivity contribution in [3.8, 4) is 12.3 Å². The molecule has 0 amide bonds. The van der Waals surface area contributed by atoms with Crippen LogP contribution < -0.4 is 11.1 Å². The van der Waals surface area contributed by atoms with Crippen molar-refractivity contribution in [3.63, 3.8) is 0 Å². The van der Waals surface area contributed by atoms with Crippen LogP contribution in [0.1, 0.15) is 83.3 Å². The van der Waals surface area contributed by atoms with Crippen LogP contribution in [0.15, 0.2) is 46.1 Å². The fourth-order valence-corrected chi connectivity index (χ4v) is 7.77. The molecular weight excluding hydrogens is 817 g/mol. The van der Waals surface area contributed by atoms with Crippen LogP contribution in [0.4, 0.5) is 10.1 Å². The van der Waals surface area contributed by atoms with Gasteiger partial charge in [-0.25, -0.2) is 8.97 Å². The largest absolute Gasteiger partial charge is 0.454 e. The third-order valence-corrected chi connectivity index (χ3v) is 9.77. The van der Waals surface area contributed by atoms with Crippen molar-refractivity contribution in [1.82, 2.24) is 15.1 Å². The topological polar surface area (TPSA) is 97.2 Å². The van der Waals surface area contributed by atoms with Crippen LogP contribution in [-0.4, -0.2) is 75.9 Å². The first-order valence-corrected chi connectivity index (χ1v) is 16.5. The Balaban J connectivity index is 0.000000416. The molecule has 0 radical (unpaired) electrons. The van der Waals surface area contributed by atoms with Crippen LogP contribution in [0.2, 0.25) is 0 Å². The summed E-state index contributed by atoms with van der Waals surface area (Å²) in [6.07, 6.45) is 15.0. The number of ketones is 1. The Hall–Kier alpha value is -2.95. The van der Waals surface area contributed by atoms with Crippen LogP contribution in [0.3, 0.4) is 0 Å². The number of allylic oxidation sites excluding steroid dienone is 1. The van der Waals surface area contributed by atoms with E-state index >= 15 is 0 Å². The van der Waals surface area contributed by atoms with E-state index in [4.69, 9.17) is 12.2 Å². The van der Waals surface area contributed by atoms with Crippen molar-refractivity contribution < 1.29 is 50.0 Å². The number of anilines is 1. The van der Waals surface area contributed by atoms with Gasteiger partial charge in [0.2, 0.25) is 0 Å². The molecule has 8 nitrogen and oxygen atoms in total. The maximum atomic E-state index is 14.8. The molecule has 5 aliphatic rings. The molecule has 2 saturated heterocycles. The Kier molecular flexibility index (Phi) is 10.7. The van der Waals surface area contributed by atoms with E-state index in [2.05, 4.69) is 26.0 Å². The van der Waals surface area contributed by atoms with Crippen molar-refractivity contribution in [2.75, 3.05) is 39.0 Å². The van der Waals surface area contributed by atoms with Crippen molar-refractivity contribution >= 4 is 39.5 Å². The summed E-state index contributed by atoms with van der Waals surface area (Å²) in [6, 6.07) is 8.39. The number of hydrogen-bond donors (Lipinski definition) is 3. The normalized spacial score (nSPS) is 23.3. The summed E-state index contributed by atoms with van der Waals surface area (Å²) in [4.78, 5) is 21.9. The number of nitrogens with two attached hydrogens (primary N) is 1. The second-order valence-corrected chi connectivity index (χ2v) is 13.2. The summed E-state index contributed by atoms with van der Waals surface area (Å²) < 4.78 is 16.8. The fourth-order valence-electron chi connectivity index (χ4n) is 7.77. The Labute approximate surface area is 301 Å². The number of nitrogens with zero attached hydrogens (tertiary/aromatic N) is 4. The minimum absolute atomic E-state index is 0. The van der Waals surface area contributed by atoms with E-state index in [9.17, 15) is 14.3 Å². The maximum Gasteiger partial charge on any atom is 0.330 e. The Bertz CT molecular complexity index is 1750. The van der Waals surface area contributed by atoms with Gasteiger partial charge < -0.3 is 26.0 Å². The molecule has 1 unspecified atom stereocenters. The van der Waals surface area contributed by atoms with Gasteiger partial charge in [-0.05, 0) is 73.4 Å². The molecule has 10 heteroatoms. The zero-order valence-electron chi connectivity index (χ0n) is 28.0. The van der Waals surface area contributed by atoms with E-state index in [1.807, 2.05) is 24.6 Å². The first-order valence-electron chi connectivity index (χ1n) is 16.5. The molecule has 5 aliphatic heterocycles. The molecule has 246 valence electrons. The summed E-state index contributed by atoms with van der Waals surface area (Å²) >= 11 is 0. The van der Waals surface area contributed by atoms with Gasteiger partial charge in [-0.2, -0.15) is 12.8 Å².